The second-order valence-corrected chi connectivity index (χ2v) is 10.6. The number of hydrogen-bond donors (Lipinski definition) is 0. The molecule has 0 radical (unpaired) electrons. The van der Waals surface area contributed by atoms with Gasteiger partial charge in [0.2, 0.25) is 5.91 Å². The zero-order valence-corrected chi connectivity index (χ0v) is 21.6. The lowest BCUT2D eigenvalue weighted by Gasteiger charge is -2.36. The Labute approximate surface area is 226 Å². The van der Waals surface area contributed by atoms with Gasteiger partial charge in [0.25, 0.3) is 0 Å². The first-order chi connectivity index (χ1) is 18.8. The van der Waals surface area contributed by atoms with Crippen molar-refractivity contribution in [2.24, 2.45) is 5.92 Å². The summed E-state index contributed by atoms with van der Waals surface area (Å²) < 4.78 is 106. The average Bonchev–Trinajstić information content (AvgIpc) is 3.26. The van der Waals surface area contributed by atoms with E-state index in [1.807, 2.05) is 0 Å². The summed E-state index contributed by atoms with van der Waals surface area (Å²) in [4.78, 5) is 14.9. The van der Waals surface area contributed by atoms with Gasteiger partial charge in [-0.2, -0.15) is 26.3 Å². The molecule has 0 unspecified atom stereocenters. The lowest BCUT2D eigenvalue weighted by atomic mass is 9.80. The molecule has 3 aliphatic rings. The topological polar surface area (TPSA) is 38.8 Å². The molecular formula is C29H28F7NO3. The predicted molar refractivity (Wildman–Crippen MR) is 131 cm³/mol. The molecule has 2 saturated heterocycles. The first-order valence-electron chi connectivity index (χ1n) is 13.1. The van der Waals surface area contributed by atoms with Crippen LogP contribution in [-0.4, -0.2) is 42.7 Å². The Morgan fingerprint density at radius 2 is 1.55 bits per heavy atom. The highest BCUT2D eigenvalue weighted by Crippen LogP contribution is 2.45. The van der Waals surface area contributed by atoms with E-state index in [4.69, 9.17) is 9.47 Å². The van der Waals surface area contributed by atoms with Crippen LogP contribution in [0.25, 0.3) is 0 Å². The highest BCUT2D eigenvalue weighted by Gasteiger charge is 2.48. The Morgan fingerprint density at radius 1 is 0.950 bits per heavy atom. The zero-order chi connectivity index (χ0) is 28.8. The van der Waals surface area contributed by atoms with Crippen LogP contribution in [-0.2, 0) is 26.6 Å². The number of benzene rings is 2. The summed E-state index contributed by atoms with van der Waals surface area (Å²) in [5, 5.41) is 0. The maximum atomic E-state index is 13.8. The fourth-order valence-corrected chi connectivity index (χ4v) is 6.07. The molecule has 0 aliphatic carbocycles. The first kappa shape index (κ1) is 28.6. The second-order valence-electron chi connectivity index (χ2n) is 10.6. The lowest BCUT2D eigenvalue weighted by molar-refractivity contribution is -0.143. The van der Waals surface area contributed by atoms with Gasteiger partial charge in [0.05, 0.1) is 23.3 Å². The minimum atomic E-state index is -4.99. The van der Waals surface area contributed by atoms with Crippen LogP contribution in [0.2, 0.25) is 0 Å². The molecule has 3 heterocycles. The minimum Gasteiger partial charge on any atom is -0.381 e. The van der Waals surface area contributed by atoms with E-state index in [9.17, 15) is 35.5 Å². The smallest absolute Gasteiger partial charge is 0.381 e. The molecule has 0 saturated carbocycles. The van der Waals surface area contributed by atoms with Gasteiger partial charge in [-0.05, 0) is 73.6 Å². The van der Waals surface area contributed by atoms with Crippen LogP contribution in [0, 0.1) is 11.7 Å². The SMILES string of the molecule is C[C@@H](O[C@H]1CN2C(=O)C=C(C3CCOCC3)C[C@H]2[C@@H]1c1ccc(F)cc1)c1cc(C(F)(F)F)cc(C(F)(F)F)c1. The molecule has 2 aromatic rings. The molecule has 40 heavy (non-hydrogen) atoms. The van der Waals surface area contributed by atoms with E-state index in [1.54, 1.807) is 23.1 Å². The number of ether oxygens (including phenoxy) is 2. The maximum Gasteiger partial charge on any atom is 0.416 e. The van der Waals surface area contributed by atoms with Crippen LogP contribution in [0.15, 0.2) is 54.1 Å². The number of nitrogens with zero attached hydrogens (tertiary/aromatic N) is 1. The number of carbonyl (C=O) groups excluding carboxylic acids is 1. The molecule has 4 nitrogen and oxygen atoms in total. The summed E-state index contributed by atoms with van der Waals surface area (Å²) >= 11 is 0. The maximum absolute atomic E-state index is 13.8. The molecule has 4 atom stereocenters. The van der Waals surface area contributed by atoms with Crippen molar-refractivity contribution in [3.8, 4) is 0 Å². The number of carbonyl (C=O) groups is 1. The quantitative estimate of drug-likeness (QED) is 0.361. The Morgan fingerprint density at radius 3 is 2.12 bits per heavy atom. The monoisotopic (exact) mass is 571 g/mol. The third kappa shape index (κ3) is 5.90. The van der Waals surface area contributed by atoms with Crippen molar-refractivity contribution < 1.29 is 45.0 Å². The summed E-state index contributed by atoms with van der Waals surface area (Å²) in [6.45, 7) is 2.67. The average molecular weight is 572 g/mol. The van der Waals surface area contributed by atoms with Crippen molar-refractivity contribution in [2.45, 2.75) is 62.7 Å². The molecule has 5 rings (SSSR count). The van der Waals surface area contributed by atoms with Crippen LogP contribution in [0.5, 0.6) is 0 Å². The number of rotatable bonds is 5. The van der Waals surface area contributed by atoms with E-state index in [2.05, 4.69) is 0 Å². The molecular weight excluding hydrogens is 543 g/mol. The molecule has 1 amide bonds. The standard InChI is InChI=1S/C29H28F7NO3/c1-16(19-10-21(28(31,32)33)14-22(11-19)29(34,35)36)40-25-15-37-24(27(25)18-2-4-23(30)5-3-18)12-20(13-26(37)38)17-6-8-39-9-7-17/h2-5,10-11,13-14,16-17,24-25,27H,6-9,12,15H2,1H3/t16-,24+,25+,27+/m1/s1. The third-order valence-corrected chi connectivity index (χ3v) is 8.09. The summed E-state index contributed by atoms with van der Waals surface area (Å²) in [6.07, 6.45) is -8.16. The predicted octanol–water partition coefficient (Wildman–Crippen LogP) is 7.06. The van der Waals surface area contributed by atoms with Gasteiger partial charge in [-0.15, -0.1) is 0 Å². The van der Waals surface area contributed by atoms with Crippen LogP contribution in [0.4, 0.5) is 30.7 Å². The van der Waals surface area contributed by atoms with Crippen molar-refractivity contribution in [1.29, 1.82) is 0 Å². The molecule has 0 bridgehead atoms. The van der Waals surface area contributed by atoms with E-state index in [0.29, 0.717) is 37.3 Å². The summed E-state index contributed by atoms with van der Waals surface area (Å²) in [7, 11) is 0. The number of hydrogen-bond acceptors (Lipinski definition) is 3. The Hall–Kier alpha value is -2.92. The van der Waals surface area contributed by atoms with Crippen molar-refractivity contribution in [3.63, 3.8) is 0 Å². The highest BCUT2D eigenvalue weighted by atomic mass is 19.4. The first-order valence-corrected chi connectivity index (χ1v) is 13.1. The number of amides is 1. The molecule has 216 valence electrons. The summed E-state index contributed by atoms with van der Waals surface area (Å²) in [6, 6.07) is 6.75. The highest BCUT2D eigenvalue weighted by molar-refractivity contribution is 5.90. The number of halogens is 7. The Bertz CT molecular complexity index is 1230. The van der Waals surface area contributed by atoms with Gasteiger partial charge in [0.1, 0.15) is 5.82 Å². The fourth-order valence-electron chi connectivity index (χ4n) is 6.07. The van der Waals surface area contributed by atoms with E-state index in [0.717, 1.165) is 18.4 Å². The van der Waals surface area contributed by atoms with Gasteiger partial charge in [-0.25, -0.2) is 4.39 Å². The third-order valence-electron chi connectivity index (χ3n) is 8.09. The zero-order valence-electron chi connectivity index (χ0n) is 21.6. The lowest BCUT2D eigenvalue weighted by Crippen LogP contribution is -2.41. The van der Waals surface area contributed by atoms with Gasteiger partial charge < -0.3 is 14.4 Å². The molecule has 0 spiro atoms. The van der Waals surface area contributed by atoms with Crippen molar-refractivity contribution in [3.05, 3.63) is 82.2 Å². The van der Waals surface area contributed by atoms with Gasteiger partial charge in [0, 0.05) is 37.8 Å². The van der Waals surface area contributed by atoms with Crippen molar-refractivity contribution >= 4 is 5.91 Å². The normalized spacial score (nSPS) is 25.1. The fraction of sp³-hybridized carbons (Fsp3) is 0.483. The van der Waals surface area contributed by atoms with Gasteiger partial charge >= 0.3 is 12.4 Å². The van der Waals surface area contributed by atoms with Gasteiger partial charge in [-0.1, -0.05) is 17.7 Å². The van der Waals surface area contributed by atoms with E-state index >= 15 is 0 Å². The van der Waals surface area contributed by atoms with Crippen LogP contribution in [0.1, 0.15) is 60.5 Å². The largest absolute Gasteiger partial charge is 0.416 e. The van der Waals surface area contributed by atoms with Crippen molar-refractivity contribution in [2.75, 3.05) is 19.8 Å². The number of fused-ring (bicyclic) bond motifs is 1. The Kier molecular flexibility index (Phi) is 7.73. The van der Waals surface area contributed by atoms with Crippen molar-refractivity contribution in [1.82, 2.24) is 4.90 Å². The molecule has 0 N–H and O–H groups in total. The number of alkyl halides is 6. The van der Waals surface area contributed by atoms with Crippen LogP contribution < -0.4 is 0 Å². The van der Waals surface area contributed by atoms with Crippen LogP contribution in [0.3, 0.4) is 0 Å². The van der Waals surface area contributed by atoms with E-state index in [1.165, 1.54) is 19.1 Å². The van der Waals surface area contributed by atoms with E-state index < -0.39 is 47.4 Å². The van der Waals surface area contributed by atoms with E-state index in [-0.39, 0.29) is 36.0 Å². The molecule has 0 aromatic heterocycles. The molecule has 3 aliphatic heterocycles. The van der Waals surface area contributed by atoms with Crippen LogP contribution >= 0.6 is 0 Å². The summed E-state index contributed by atoms with van der Waals surface area (Å²) in [5.74, 6) is -0.973. The second kappa shape index (κ2) is 10.8. The van der Waals surface area contributed by atoms with Gasteiger partial charge in [0.15, 0.2) is 0 Å². The minimum absolute atomic E-state index is 0.0789. The Balaban J connectivity index is 1.46. The summed E-state index contributed by atoms with van der Waals surface area (Å²) in [5.41, 5.74) is -1.47. The molecule has 11 heteroatoms. The molecule has 2 aromatic carbocycles. The van der Waals surface area contributed by atoms with Gasteiger partial charge in [-0.3, -0.25) is 4.79 Å². The molecule has 2 fully saturated rings.